The van der Waals surface area contributed by atoms with E-state index in [0.29, 0.717) is 38.9 Å². The summed E-state index contributed by atoms with van der Waals surface area (Å²) in [7, 11) is -3.46. The number of carboxylic acids is 1. The Morgan fingerprint density at radius 2 is 1.60 bits per heavy atom. The van der Waals surface area contributed by atoms with Crippen LogP contribution in [-0.4, -0.2) is 54.4 Å². The van der Waals surface area contributed by atoms with Crippen molar-refractivity contribution in [3.63, 3.8) is 0 Å². The van der Waals surface area contributed by atoms with Gasteiger partial charge in [-0.1, -0.05) is 83.5 Å². The number of benzene rings is 3. The van der Waals surface area contributed by atoms with E-state index in [1.165, 1.54) is 0 Å². The fourth-order valence-corrected chi connectivity index (χ4v) is 6.10. The number of nitrogens with zero attached hydrogens (tertiary/aromatic N) is 2. The van der Waals surface area contributed by atoms with Gasteiger partial charge in [-0.25, -0.2) is 13.2 Å². The van der Waals surface area contributed by atoms with E-state index in [4.69, 9.17) is 20.9 Å². The van der Waals surface area contributed by atoms with Crippen LogP contribution in [0.3, 0.4) is 0 Å². The maximum Gasteiger partial charge on any atom is 0.412 e. The van der Waals surface area contributed by atoms with Gasteiger partial charge in [0.1, 0.15) is 22.9 Å². The van der Waals surface area contributed by atoms with E-state index in [-0.39, 0.29) is 13.1 Å². The number of hydrogen-bond acceptors (Lipinski definition) is 7. The Morgan fingerprint density at radius 3 is 2.17 bits per heavy atom. The molecule has 0 spiro atoms. The zero-order chi connectivity index (χ0) is 30.2. The molecule has 2 N–H and O–H groups in total. The molecule has 0 aliphatic carbocycles. The van der Waals surface area contributed by atoms with Gasteiger partial charge in [-0.15, -0.1) is 0 Å². The number of hydrogen-bond donors (Lipinski definition) is 2. The first-order valence-corrected chi connectivity index (χ1v) is 15.2. The van der Waals surface area contributed by atoms with E-state index < -0.39 is 33.6 Å². The van der Waals surface area contributed by atoms with Crippen LogP contribution in [-0.2, 0) is 25.0 Å². The van der Waals surface area contributed by atoms with Crippen molar-refractivity contribution in [3.8, 4) is 22.5 Å². The number of carboxylic acid groups (broad SMARTS) is 1. The summed E-state index contributed by atoms with van der Waals surface area (Å²) in [6.07, 6.45) is -0.197. The maximum atomic E-state index is 12.7. The number of sulfonamides is 1. The number of amides is 1. The monoisotopic (exact) mass is 609 g/mol. The minimum atomic E-state index is -3.46. The number of nitrogens with one attached hydrogen (secondary N) is 1. The number of aryl methyl sites for hydroxylation is 1. The number of ether oxygens (including phenoxy) is 1. The van der Waals surface area contributed by atoms with Crippen LogP contribution in [0.1, 0.15) is 29.8 Å². The summed E-state index contributed by atoms with van der Waals surface area (Å²) >= 11 is 6.22. The van der Waals surface area contributed by atoms with Gasteiger partial charge in [0.2, 0.25) is 10.0 Å². The van der Waals surface area contributed by atoms with Gasteiger partial charge in [-0.2, -0.15) is 4.31 Å². The second-order valence-corrected chi connectivity index (χ2v) is 12.6. The maximum absolute atomic E-state index is 12.7. The summed E-state index contributed by atoms with van der Waals surface area (Å²) in [5.74, 6) is -0.700. The van der Waals surface area contributed by atoms with Crippen molar-refractivity contribution in [1.82, 2.24) is 9.46 Å². The molecule has 1 amide bonds. The van der Waals surface area contributed by atoms with Crippen LogP contribution in [0, 0.1) is 6.92 Å². The molecule has 0 unspecified atom stereocenters. The van der Waals surface area contributed by atoms with Crippen molar-refractivity contribution in [2.45, 2.75) is 25.4 Å². The number of carbonyl (C=O) groups excluding carboxylic acids is 1. The minimum absolute atomic E-state index is 0.103. The van der Waals surface area contributed by atoms with Gasteiger partial charge < -0.3 is 14.4 Å². The molecule has 42 heavy (non-hydrogen) atoms. The first-order chi connectivity index (χ1) is 19.9. The SMILES string of the molecule is Cc1noc(-c2ccc(-c3ccc(C4(C(=O)O)CN(S(C)(=O)=O)C4)cc3)cc2)c1NC(=O)O[C@H](C)c1ccccc1Cl. The van der Waals surface area contributed by atoms with E-state index in [1.54, 1.807) is 56.3 Å². The molecular formula is C30H28ClN3O7S. The van der Waals surface area contributed by atoms with E-state index in [0.717, 1.165) is 21.7 Å². The Morgan fingerprint density at radius 1 is 1.02 bits per heavy atom. The molecule has 2 heterocycles. The molecule has 1 aliphatic rings. The fourth-order valence-electron chi connectivity index (χ4n) is 4.90. The third-order valence-corrected chi connectivity index (χ3v) is 8.95. The van der Waals surface area contributed by atoms with Gasteiger partial charge in [-0.05, 0) is 36.6 Å². The average molecular weight is 610 g/mol. The number of aromatic nitrogens is 1. The highest BCUT2D eigenvalue weighted by Gasteiger charge is 2.53. The van der Waals surface area contributed by atoms with Gasteiger partial charge in [0, 0.05) is 29.2 Å². The lowest BCUT2D eigenvalue weighted by Crippen LogP contribution is -2.64. The molecule has 1 atom stereocenters. The van der Waals surface area contributed by atoms with Crippen molar-refractivity contribution in [2.75, 3.05) is 24.7 Å². The van der Waals surface area contributed by atoms with Crippen molar-refractivity contribution < 1.29 is 32.4 Å². The molecule has 0 saturated carbocycles. The summed E-state index contributed by atoms with van der Waals surface area (Å²) < 4.78 is 35.8. The molecule has 5 rings (SSSR count). The van der Waals surface area contributed by atoms with Crippen LogP contribution in [0.4, 0.5) is 10.5 Å². The van der Waals surface area contributed by atoms with Gasteiger partial charge in [-0.3, -0.25) is 10.1 Å². The summed E-state index contributed by atoms with van der Waals surface area (Å²) in [5.41, 5.74) is 3.18. The lowest BCUT2D eigenvalue weighted by Gasteiger charge is -2.45. The summed E-state index contributed by atoms with van der Waals surface area (Å²) in [6.45, 7) is 3.23. The predicted molar refractivity (Wildman–Crippen MR) is 158 cm³/mol. The van der Waals surface area contributed by atoms with Crippen molar-refractivity contribution in [1.29, 1.82) is 0 Å². The topological polar surface area (TPSA) is 139 Å². The quantitative estimate of drug-likeness (QED) is 0.253. The van der Waals surface area contributed by atoms with E-state index in [9.17, 15) is 23.1 Å². The second-order valence-electron chi connectivity index (χ2n) is 10.2. The number of carbonyl (C=O) groups is 2. The Hall–Kier alpha value is -4.19. The summed E-state index contributed by atoms with van der Waals surface area (Å²) in [5, 5.41) is 17.1. The number of halogens is 1. The van der Waals surface area contributed by atoms with Crippen LogP contribution in [0.25, 0.3) is 22.5 Å². The third kappa shape index (κ3) is 5.63. The molecule has 0 radical (unpaired) electrons. The molecule has 1 aromatic heterocycles. The zero-order valence-electron chi connectivity index (χ0n) is 23.0. The summed E-state index contributed by atoms with van der Waals surface area (Å²) in [6, 6.07) is 21.5. The molecule has 4 aromatic rings. The lowest BCUT2D eigenvalue weighted by molar-refractivity contribution is -0.148. The molecule has 12 heteroatoms. The average Bonchev–Trinajstić information content (AvgIpc) is 3.27. The van der Waals surface area contributed by atoms with E-state index in [1.807, 2.05) is 30.3 Å². The summed E-state index contributed by atoms with van der Waals surface area (Å²) in [4.78, 5) is 24.8. The fraction of sp³-hybridized carbons (Fsp3) is 0.233. The van der Waals surface area contributed by atoms with Crippen LogP contribution in [0.5, 0.6) is 0 Å². The van der Waals surface area contributed by atoms with Gasteiger partial charge in [0.05, 0.1) is 6.26 Å². The highest BCUT2D eigenvalue weighted by atomic mass is 35.5. The molecular weight excluding hydrogens is 582 g/mol. The zero-order valence-corrected chi connectivity index (χ0v) is 24.6. The predicted octanol–water partition coefficient (Wildman–Crippen LogP) is 5.88. The van der Waals surface area contributed by atoms with Crippen molar-refractivity contribution in [3.05, 3.63) is 94.6 Å². The third-order valence-electron chi connectivity index (χ3n) is 7.41. The van der Waals surface area contributed by atoms with Crippen LogP contribution in [0.15, 0.2) is 77.3 Å². The standard InChI is InChI=1S/C30H28ClN3O7S/c1-18-26(32-29(37)40-19(2)24-6-4-5-7-25(24)31)27(41-33-18)22-10-8-20(9-11-22)21-12-14-23(15-13-21)30(28(35)36)16-34(17-30)42(3,38)39/h4-15,19H,16-17H2,1-3H3,(H,32,37)(H,35,36)/t19-/m1/s1. The van der Waals surface area contributed by atoms with Crippen molar-refractivity contribution in [2.24, 2.45) is 0 Å². The normalized spacial score (nSPS) is 15.4. The highest BCUT2D eigenvalue weighted by molar-refractivity contribution is 7.88. The first-order valence-electron chi connectivity index (χ1n) is 13.0. The Labute approximate surface area is 247 Å². The van der Waals surface area contributed by atoms with Gasteiger partial charge in [0.15, 0.2) is 5.76 Å². The second kappa shape index (κ2) is 11.2. The number of aliphatic carboxylic acids is 1. The van der Waals surface area contributed by atoms with Crippen LogP contribution >= 0.6 is 11.6 Å². The molecule has 1 fully saturated rings. The Kier molecular flexibility index (Phi) is 7.84. The van der Waals surface area contributed by atoms with Crippen molar-refractivity contribution >= 4 is 39.4 Å². The first kappa shape index (κ1) is 29.3. The van der Waals surface area contributed by atoms with Gasteiger partial charge in [0.25, 0.3) is 0 Å². The van der Waals surface area contributed by atoms with E-state index >= 15 is 0 Å². The number of rotatable bonds is 8. The molecule has 3 aromatic carbocycles. The molecule has 1 aliphatic heterocycles. The lowest BCUT2D eigenvalue weighted by atomic mass is 9.75. The van der Waals surface area contributed by atoms with E-state index in [2.05, 4.69) is 10.5 Å². The van der Waals surface area contributed by atoms with Gasteiger partial charge >= 0.3 is 12.1 Å². The molecule has 10 nitrogen and oxygen atoms in total. The Bertz CT molecular complexity index is 1750. The molecule has 218 valence electrons. The molecule has 1 saturated heterocycles. The molecule has 0 bridgehead atoms. The minimum Gasteiger partial charge on any atom is -0.481 e. The van der Waals surface area contributed by atoms with Crippen LogP contribution in [0.2, 0.25) is 5.02 Å². The largest absolute Gasteiger partial charge is 0.481 e. The number of anilines is 1. The smallest absolute Gasteiger partial charge is 0.412 e. The Balaban J connectivity index is 1.30. The highest BCUT2D eigenvalue weighted by Crippen LogP contribution is 2.38. The van der Waals surface area contributed by atoms with Crippen LogP contribution < -0.4 is 5.32 Å².